The van der Waals surface area contributed by atoms with Crippen molar-refractivity contribution in [1.29, 1.82) is 0 Å². The number of rotatable bonds is 7. The fourth-order valence-corrected chi connectivity index (χ4v) is 3.20. The van der Waals surface area contributed by atoms with Gasteiger partial charge in [-0.15, -0.1) is 0 Å². The van der Waals surface area contributed by atoms with Crippen molar-refractivity contribution in [2.45, 2.75) is 20.8 Å². The standard InChI is InChI=1S/C19H21N3O2S/c1-4-23-16-11-10-14(12-17(16)24-5-2)13(3)21-22-19-20-15-8-6-7-9-18(15)25-19/h6-12H,4-5H2,1-3H3,(H,20,22)/b21-13-. The predicted molar refractivity (Wildman–Crippen MR) is 104 cm³/mol. The molecule has 6 heteroatoms. The van der Waals surface area contributed by atoms with Crippen LogP contribution in [0.25, 0.3) is 10.2 Å². The van der Waals surface area contributed by atoms with Crippen LogP contribution >= 0.6 is 11.3 Å². The summed E-state index contributed by atoms with van der Waals surface area (Å²) in [6.45, 7) is 7.05. The van der Waals surface area contributed by atoms with Crippen molar-refractivity contribution in [3.8, 4) is 11.5 Å². The van der Waals surface area contributed by atoms with E-state index >= 15 is 0 Å². The lowest BCUT2D eigenvalue weighted by molar-refractivity contribution is 0.287. The molecule has 0 aliphatic carbocycles. The molecular formula is C19H21N3O2S. The molecule has 0 bridgehead atoms. The first-order chi connectivity index (χ1) is 12.2. The molecule has 1 N–H and O–H groups in total. The van der Waals surface area contributed by atoms with Gasteiger partial charge in [-0.05, 0) is 51.1 Å². The monoisotopic (exact) mass is 355 g/mol. The van der Waals surface area contributed by atoms with Gasteiger partial charge in [-0.2, -0.15) is 5.10 Å². The van der Waals surface area contributed by atoms with Gasteiger partial charge in [0.1, 0.15) is 0 Å². The number of hydrogen-bond donors (Lipinski definition) is 1. The first kappa shape index (κ1) is 17.2. The highest BCUT2D eigenvalue weighted by molar-refractivity contribution is 7.22. The average molecular weight is 355 g/mol. The summed E-state index contributed by atoms with van der Waals surface area (Å²) in [6, 6.07) is 13.9. The van der Waals surface area contributed by atoms with Gasteiger partial charge in [-0.3, -0.25) is 5.43 Å². The number of nitrogens with zero attached hydrogens (tertiary/aromatic N) is 2. The lowest BCUT2D eigenvalue weighted by Gasteiger charge is -2.12. The summed E-state index contributed by atoms with van der Waals surface area (Å²) in [5.74, 6) is 1.48. The highest BCUT2D eigenvalue weighted by Crippen LogP contribution is 2.29. The molecule has 0 atom stereocenters. The van der Waals surface area contributed by atoms with Crippen molar-refractivity contribution in [3.05, 3.63) is 48.0 Å². The minimum atomic E-state index is 0.587. The third-order valence-electron chi connectivity index (χ3n) is 3.57. The molecule has 1 aromatic heterocycles. The summed E-state index contributed by atoms with van der Waals surface area (Å²) in [5.41, 5.74) is 5.84. The van der Waals surface area contributed by atoms with E-state index in [-0.39, 0.29) is 0 Å². The number of anilines is 1. The summed E-state index contributed by atoms with van der Waals surface area (Å²) >= 11 is 1.58. The number of ether oxygens (including phenoxy) is 2. The molecule has 5 nitrogen and oxygen atoms in total. The third-order valence-corrected chi connectivity index (χ3v) is 4.52. The van der Waals surface area contributed by atoms with Crippen molar-refractivity contribution in [2.24, 2.45) is 5.10 Å². The Hall–Kier alpha value is -2.60. The molecule has 0 spiro atoms. The Labute approximate surface area is 151 Å². The maximum atomic E-state index is 5.67. The zero-order valence-electron chi connectivity index (χ0n) is 14.6. The maximum absolute atomic E-state index is 5.67. The van der Waals surface area contributed by atoms with Crippen LogP contribution in [-0.2, 0) is 0 Å². The number of fused-ring (bicyclic) bond motifs is 1. The zero-order chi connectivity index (χ0) is 17.6. The normalized spacial score (nSPS) is 11.6. The quantitative estimate of drug-likeness (QED) is 0.482. The van der Waals surface area contributed by atoms with Crippen LogP contribution in [0.4, 0.5) is 5.13 Å². The van der Waals surface area contributed by atoms with Crippen LogP contribution in [0.1, 0.15) is 26.3 Å². The van der Waals surface area contributed by atoms with E-state index in [4.69, 9.17) is 9.47 Å². The van der Waals surface area contributed by atoms with Crippen molar-refractivity contribution in [3.63, 3.8) is 0 Å². The Morgan fingerprint density at radius 1 is 1.08 bits per heavy atom. The molecular weight excluding hydrogens is 334 g/mol. The number of aromatic nitrogens is 1. The lowest BCUT2D eigenvalue weighted by Crippen LogP contribution is -2.03. The second-order valence-corrected chi connectivity index (χ2v) is 6.35. The molecule has 3 aromatic rings. The predicted octanol–water partition coefficient (Wildman–Crippen LogP) is 4.93. The van der Waals surface area contributed by atoms with Crippen molar-refractivity contribution < 1.29 is 9.47 Å². The molecule has 3 rings (SSSR count). The van der Waals surface area contributed by atoms with Crippen LogP contribution in [0.15, 0.2) is 47.6 Å². The van der Waals surface area contributed by atoms with Crippen molar-refractivity contribution >= 4 is 32.4 Å². The Kier molecular flexibility index (Phi) is 5.50. The Balaban J connectivity index is 1.80. The number of thiazole rings is 1. The Morgan fingerprint density at radius 3 is 2.60 bits per heavy atom. The number of benzene rings is 2. The summed E-state index contributed by atoms with van der Waals surface area (Å²) in [4.78, 5) is 4.52. The van der Waals surface area contributed by atoms with E-state index in [1.165, 1.54) is 0 Å². The fourth-order valence-electron chi connectivity index (χ4n) is 2.39. The maximum Gasteiger partial charge on any atom is 0.204 e. The molecule has 0 saturated heterocycles. The Morgan fingerprint density at radius 2 is 1.84 bits per heavy atom. The van der Waals surface area contributed by atoms with Crippen molar-refractivity contribution in [1.82, 2.24) is 4.98 Å². The molecule has 0 aliphatic heterocycles. The summed E-state index contributed by atoms with van der Waals surface area (Å²) in [6.07, 6.45) is 0. The smallest absolute Gasteiger partial charge is 0.204 e. The second-order valence-electron chi connectivity index (χ2n) is 5.32. The van der Waals surface area contributed by atoms with Crippen LogP contribution in [0.2, 0.25) is 0 Å². The first-order valence-corrected chi connectivity index (χ1v) is 9.08. The van der Waals surface area contributed by atoms with Crippen LogP contribution < -0.4 is 14.9 Å². The van der Waals surface area contributed by atoms with E-state index in [0.717, 1.165) is 38.1 Å². The SMILES string of the molecule is CCOc1ccc(/C(C)=N\Nc2nc3ccccc3s2)cc1OCC. The van der Waals surface area contributed by atoms with Crippen LogP contribution in [0.5, 0.6) is 11.5 Å². The van der Waals surface area contributed by atoms with Gasteiger partial charge in [0.15, 0.2) is 11.5 Å². The van der Waals surface area contributed by atoms with Gasteiger partial charge in [0.05, 0.1) is 29.1 Å². The summed E-state index contributed by atoms with van der Waals surface area (Å²) in [5, 5.41) is 5.23. The van der Waals surface area contributed by atoms with Gasteiger partial charge in [-0.25, -0.2) is 4.98 Å². The fraction of sp³-hybridized carbons (Fsp3) is 0.263. The summed E-state index contributed by atoms with van der Waals surface area (Å²) < 4.78 is 12.4. The van der Waals surface area contributed by atoms with Gasteiger partial charge in [0.2, 0.25) is 5.13 Å². The molecule has 0 fully saturated rings. The molecule has 0 aliphatic rings. The van der Waals surface area contributed by atoms with Gasteiger partial charge < -0.3 is 9.47 Å². The highest BCUT2D eigenvalue weighted by Gasteiger charge is 2.08. The number of para-hydroxylation sites is 1. The minimum absolute atomic E-state index is 0.587. The molecule has 1 heterocycles. The van der Waals surface area contributed by atoms with Gasteiger partial charge in [0, 0.05) is 5.56 Å². The molecule has 25 heavy (non-hydrogen) atoms. The zero-order valence-corrected chi connectivity index (χ0v) is 15.4. The van der Waals surface area contributed by atoms with E-state index in [1.807, 2.05) is 57.2 Å². The van der Waals surface area contributed by atoms with E-state index in [0.29, 0.717) is 13.2 Å². The average Bonchev–Trinajstić information content (AvgIpc) is 3.04. The third kappa shape index (κ3) is 4.09. The second kappa shape index (κ2) is 7.98. The van der Waals surface area contributed by atoms with Gasteiger partial charge in [-0.1, -0.05) is 23.5 Å². The van der Waals surface area contributed by atoms with Crippen LogP contribution in [0, 0.1) is 0 Å². The number of hydrazone groups is 1. The number of nitrogens with one attached hydrogen (secondary N) is 1. The first-order valence-electron chi connectivity index (χ1n) is 8.27. The number of hydrogen-bond acceptors (Lipinski definition) is 6. The molecule has 2 aromatic carbocycles. The minimum Gasteiger partial charge on any atom is -0.490 e. The van der Waals surface area contributed by atoms with E-state index in [1.54, 1.807) is 11.3 Å². The van der Waals surface area contributed by atoms with Gasteiger partial charge in [0.25, 0.3) is 0 Å². The largest absolute Gasteiger partial charge is 0.490 e. The van der Waals surface area contributed by atoms with Crippen LogP contribution in [-0.4, -0.2) is 23.9 Å². The molecule has 0 saturated carbocycles. The topological polar surface area (TPSA) is 55.7 Å². The Bertz CT molecular complexity index is 856. The molecule has 0 unspecified atom stereocenters. The summed E-state index contributed by atoms with van der Waals surface area (Å²) in [7, 11) is 0. The van der Waals surface area contributed by atoms with Crippen LogP contribution in [0.3, 0.4) is 0 Å². The van der Waals surface area contributed by atoms with Crippen molar-refractivity contribution in [2.75, 3.05) is 18.6 Å². The van der Waals surface area contributed by atoms with Gasteiger partial charge >= 0.3 is 0 Å². The molecule has 0 radical (unpaired) electrons. The molecule has 130 valence electrons. The van der Waals surface area contributed by atoms with E-state index in [2.05, 4.69) is 21.6 Å². The molecule has 0 amide bonds. The highest BCUT2D eigenvalue weighted by atomic mass is 32.1. The lowest BCUT2D eigenvalue weighted by atomic mass is 10.1. The van der Waals surface area contributed by atoms with E-state index < -0.39 is 0 Å². The van der Waals surface area contributed by atoms with E-state index in [9.17, 15) is 0 Å².